The quantitative estimate of drug-likeness (QED) is 0.769. The molecule has 21 heavy (non-hydrogen) atoms. The average molecular weight is 323 g/mol. The fourth-order valence-corrected chi connectivity index (χ4v) is 2.45. The molecule has 0 fully saturated rings. The Kier molecular flexibility index (Phi) is 3.66. The molecule has 0 amide bonds. The molecule has 1 aromatic heterocycles. The van der Waals surface area contributed by atoms with Crippen LogP contribution in [0.4, 0.5) is 0 Å². The number of halogens is 2. The summed E-state index contributed by atoms with van der Waals surface area (Å²) in [5.41, 5.74) is 2.47. The largest absolute Gasteiger partial charge is 0.493 e. The summed E-state index contributed by atoms with van der Waals surface area (Å²) in [6.07, 6.45) is 0. The molecule has 0 unspecified atom stereocenters. The SMILES string of the molecule is COc1ccc(-c2nc3cc(Cl)c(Cl)cc3[nH]2)cc1OC. The third kappa shape index (κ3) is 2.52. The normalized spacial score (nSPS) is 10.9. The lowest BCUT2D eigenvalue weighted by Crippen LogP contribution is -1.91. The molecule has 6 heteroatoms. The number of nitrogens with zero attached hydrogens (tertiary/aromatic N) is 1. The summed E-state index contributed by atoms with van der Waals surface area (Å²) in [6.45, 7) is 0. The molecule has 108 valence electrons. The Morgan fingerprint density at radius 3 is 2.38 bits per heavy atom. The molecule has 0 aliphatic carbocycles. The number of aromatic nitrogens is 2. The van der Waals surface area contributed by atoms with Crippen molar-refractivity contribution in [3.8, 4) is 22.9 Å². The highest BCUT2D eigenvalue weighted by Gasteiger charge is 2.11. The molecule has 3 aromatic rings. The summed E-state index contributed by atoms with van der Waals surface area (Å²) >= 11 is 12.0. The Morgan fingerprint density at radius 2 is 1.67 bits per heavy atom. The molecular weight excluding hydrogens is 311 g/mol. The Labute approximate surface area is 131 Å². The third-order valence-corrected chi connectivity index (χ3v) is 3.90. The molecule has 0 atom stereocenters. The van der Waals surface area contributed by atoms with Crippen molar-refractivity contribution < 1.29 is 9.47 Å². The Balaban J connectivity index is 2.12. The van der Waals surface area contributed by atoms with Gasteiger partial charge in [-0.3, -0.25) is 0 Å². The number of hydrogen-bond donors (Lipinski definition) is 1. The van der Waals surface area contributed by atoms with Crippen molar-refractivity contribution in [2.24, 2.45) is 0 Å². The van der Waals surface area contributed by atoms with E-state index < -0.39 is 0 Å². The van der Waals surface area contributed by atoms with E-state index in [0.29, 0.717) is 27.4 Å². The topological polar surface area (TPSA) is 47.1 Å². The smallest absolute Gasteiger partial charge is 0.161 e. The maximum Gasteiger partial charge on any atom is 0.161 e. The first-order chi connectivity index (χ1) is 10.1. The number of hydrogen-bond acceptors (Lipinski definition) is 3. The van der Waals surface area contributed by atoms with Gasteiger partial charge in [0.05, 0.1) is 35.3 Å². The van der Waals surface area contributed by atoms with E-state index in [-0.39, 0.29) is 0 Å². The summed E-state index contributed by atoms with van der Waals surface area (Å²) in [6, 6.07) is 9.10. The molecule has 0 spiro atoms. The second kappa shape index (κ2) is 5.47. The summed E-state index contributed by atoms with van der Waals surface area (Å²) in [5.74, 6) is 2.03. The van der Waals surface area contributed by atoms with Crippen LogP contribution in [0.2, 0.25) is 10.0 Å². The molecule has 0 aliphatic heterocycles. The molecule has 0 saturated carbocycles. The maximum atomic E-state index is 6.01. The van der Waals surface area contributed by atoms with Crippen molar-refractivity contribution in [2.45, 2.75) is 0 Å². The van der Waals surface area contributed by atoms with Crippen LogP contribution in [0, 0.1) is 0 Å². The Bertz CT molecular complexity index is 776. The van der Waals surface area contributed by atoms with Gasteiger partial charge in [0.15, 0.2) is 11.5 Å². The average Bonchev–Trinajstić information content (AvgIpc) is 2.89. The zero-order valence-corrected chi connectivity index (χ0v) is 12.9. The van der Waals surface area contributed by atoms with Gasteiger partial charge in [0.2, 0.25) is 0 Å². The van der Waals surface area contributed by atoms with Crippen LogP contribution >= 0.6 is 23.2 Å². The molecule has 1 N–H and O–H groups in total. The van der Waals surface area contributed by atoms with Gasteiger partial charge in [-0.05, 0) is 30.3 Å². The van der Waals surface area contributed by atoms with Crippen LogP contribution in [0.1, 0.15) is 0 Å². The number of fused-ring (bicyclic) bond motifs is 1. The number of methoxy groups -OCH3 is 2. The molecule has 3 rings (SSSR count). The van der Waals surface area contributed by atoms with Crippen molar-refractivity contribution in [3.63, 3.8) is 0 Å². The third-order valence-electron chi connectivity index (χ3n) is 3.18. The van der Waals surface area contributed by atoms with E-state index in [1.165, 1.54) is 0 Å². The van der Waals surface area contributed by atoms with Crippen LogP contribution in [0.5, 0.6) is 11.5 Å². The van der Waals surface area contributed by atoms with Gasteiger partial charge in [0.25, 0.3) is 0 Å². The second-order valence-corrected chi connectivity index (χ2v) is 5.25. The molecule has 4 nitrogen and oxygen atoms in total. The van der Waals surface area contributed by atoms with Gasteiger partial charge in [-0.1, -0.05) is 23.2 Å². The molecule has 0 aliphatic rings. The summed E-state index contributed by atoms with van der Waals surface area (Å²) < 4.78 is 10.5. The second-order valence-electron chi connectivity index (χ2n) is 4.44. The maximum absolute atomic E-state index is 6.01. The fourth-order valence-electron chi connectivity index (χ4n) is 2.13. The lowest BCUT2D eigenvalue weighted by atomic mass is 10.2. The number of aromatic amines is 1. The van der Waals surface area contributed by atoms with Gasteiger partial charge in [-0.15, -0.1) is 0 Å². The molecule has 0 bridgehead atoms. The van der Waals surface area contributed by atoms with Gasteiger partial charge in [-0.25, -0.2) is 4.98 Å². The Hall–Kier alpha value is -1.91. The van der Waals surface area contributed by atoms with Crippen LogP contribution in [0.15, 0.2) is 30.3 Å². The minimum absolute atomic E-state index is 0.481. The van der Waals surface area contributed by atoms with E-state index in [1.54, 1.807) is 26.4 Å². The predicted molar refractivity (Wildman–Crippen MR) is 84.7 cm³/mol. The number of nitrogens with one attached hydrogen (secondary N) is 1. The highest BCUT2D eigenvalue weighted by Crippen LogP contribution is 2.33. The summed E-state index contributed by atoms with van der Waals surface area (Å²) in [5, 5.41) is 0.973. The van der Waals surface area contributed by atoms with Crippen LogP contribution in [0.25, 0.3) is 22.4 Å². The first kappa shape index (κ1) is 14.0. The minimum Gasteiger partial charge on any atom is -0.493 e. The lowest BCUT2D eigenvalue weighted by molar-refractivity contribution is 0.355. The summed E-state index contributed by atoms with van der Waals surface area (Å²) in [4.78, 5) is 7.74. The van der Waals surface area contributed by atoms with Crippen LogP contribution in [-0.2, 0) is 0 Å². The van der Waals surface area contributed by atoms with Crippen molar-refractivity contribution in [2.75, 3.05) is 14.2 Å². The van der Waals surface area contributed by atoms with Gasteiger partial charge >= 0.3 is 0 Å². The number of imidazole rings is 1. The zero-order valence-electron chi connectivity index (χ0n) is 11.4. The van der Waals surface area contributed by atoms with E-state index in [9.17, 15) is 0 Å². The van der Waals surface area contributed by atoms with Gasteiger partial charge in [0, 0.05) is 5.56 Å². The van der Waals surface area contributed by atoms with Crippen molar-refractivity contribution in [1.82, 2.24) is 9.97 Å². The standard InChI is InChI=1S/C15H12Cl2N2O2/c1-20-13-4-3-8(5-14(13)21-2)15-18-11-6-9(16)10(17)7-12(11)19-15/h3-7H,1-2H3,(H,18,19). The first-order valence-electron chi connectivity index (χ1n) is 6.19. The van der Waals surface area contributed by atoms with Crippen LogP contribution < -0.4 is 9.47 Å². The molecular formula is C15H12Cl2N2O2. The van der Waals surface area contributed by atoms with Crippen molar-refractivity contribution in [3.05, 3.63) is 40.4 Å². The number of benzene rings is 2. The van der Waals surface area contributed by atoms with Gasteiger partial charge in [-0.2, -0.15) is 0 Å². The lowest BCUT2D eigenvalue weighted by Gasteiger charge is -2.08. The zero-order chi connectivity index (χ0) is 15.0. The minimum atomic E-state index is 0.481. The van der Waals surface area contributed by atoms with Crippen LogP contribution in [-0.4, -0.2) is 24.2 Å². The highest BCUT2D eigenvalue weighted by atomic mass is 35.5. The number of ether oxygens (including phenoxy) is 2. The Morgan fingerprint density at radius 1 is 0.952 bits per heavy atom. The number of rotatable bonds is 3. The van der Waals surface area contributed by atoms with E-state index in [1.807, 2.05) is 18.2 Å². The van der Waals surface area contributed by atoms with E-state index in [0.717, 1.165) is 16.6 Å². The van der Waals surface area contributed by atoms with E-state index in [2.05, 4.69) is 9.97 Å². The number of H-pyrrole nitrogens is 1. The van der Waals surface area contributed by atoms with E-state index >= 15 is 0 Å². The molecule has 2 aromatic carbocycles. The fraction of sp³-hybridized carbons (Fsp3) is 0.133. The molecule has 0 radical (unpaired) electrons. The van der Waals surface area contributed by atoms with Crippen LogP contribution in [0.3, 0.4) is 0 Å². The van der Waals surface area contributed by atoms with Gasteiger partial charge < -0.3 is 14.5 Å². The molecule has 0 saturated heterocycles. The first-order valence-corrected chi connectivity index (χ1v) is 6.95. The van der Waals surface area contributed by atoms with Crippen molar-refractivity contribution >= 4 is 34.2 Å². The monoisotopic (exact) mass is 322 g/mol. The predicted octanol–water partition coefficient (Wildman–Crippen LogP) is 4.55. The molecule has 1 heterocycles. The van der Waals surface area contributed by atoms with Crippen molar-refractivity contribution in [1.29, 1.82) is 0 Å². The highest BCUT2D eigenvalue weighted by molar-refractivity contribution is 6.42. The van der Waals surface area contributed by atoms with Gasteiger partial charge in [0.1, 0.15) is 5.82 Å². The summed E-state index contributed by atoms with van der Waals surface area (Å²) in [7, 11) is 3.20. The van der Waals surface area contributed by atoms with E-state index in [4.69, 9.17) is 32.7 Å².